The molecule has 1 aromatic carbocycles. The molecule has 2 amide bonds. The van der Waals surface area contributed by atoms with E-state index >= 15 is 0 Å². The molecule has 6 nitrogen and oxygen atoms in total. The Morgan fingerprint density at radius 2 is 1.86 bits per heavy atom. The number of methoxy groups -OCH3 is 1. The van der Waals surface area contributed by atoms with Gasteiger partial charge in [-0.15, -0.1) is 0 Å². The number of hydrogen-bond donors (Lipinski definition) is 3. The van der Waals surface area contributed by atoms with Crippen LogP contribution in [-0.4, -0.2) is 45.2 Å². The van der Waals surface area contributed by atoms with Crippen molar-refractivity contribution in [2.24, 2.45) is 0 Å². The largest absolute Gasteiger partial charge is 0.383 e. The Morgan fingerprint density at radius 3 is 2.52 bits per heavy atom. The van der Waals surface area contributed by atoms with Crippen LogP contribution in [0.2, 0.25) is 0 Å². The average Bonchev–Trinajstić information content (AvgIpc) is 2.46. The summed E-state index contributed by atoms with van der Waals surface area (Å²) in [6, 6.07) is 7.33. The number of anilines is 1. The lowest BCUT2D eigenvalue weighted by Crippen LogP contribution is -2.33. The molecule has 0 fully saturated rings. The Morgan fingerprint density at radius 1 is 1.14 bits per heavy atom. The van der Waals surface area contributed by atoms with Gasteiger partial charge in [0.25, 0.3) is 0 Å². The fourth-order valence-electron chi connectivity index (χ4n) is 1.52. The maximum absolute atomic E-state index is 11.7. The number of amides is 2. The highest BCUT2D eigenvalue weighted by atomic mass is 79.9. The Balaban J connectivity index is 2.10. The average molecular weight is 358 g/mol. The molecule has 0 heterocycles. The maximum Gasteiger partial charge on any atom is 0.238 e. The lowest BCUT2D eigenvalue weighted by Gasteiger charge is -2.07. The molecule has 0 saturated carbocycles. The van der Waals surface area contributed by atoms with Crippen molar-refractivity contribution >= 4 is 33.4 Å². The van der Waals surface area contributed by atoms with Crippen LogP contribution in [0.15, 0.2) is 28.7 Å². The van der Waals surface area contributed by atoms with Crippen molar-refractivity contribution < 1.29 is 14.3 Å². The predicted molar refractivity (Wildman–Crippen MR) is 85.1 cm³/mol. The summed E-state index contributed by atoms with van der Waals surface area (Å²) in [5.41, 5.74) is 0.738. The molecule has 7 heteroatoms. The summed E-state index contributed by atoms with van der Waals surface area (Å²) in [5, 5.41) is 8.39. The third-order valence-electron chi connectivity index (χ3n) is 2.57. The van der Waals surface area contributed by atoms with Crippen LogP contribution in [0.25, 0.3) is 0 Å². The van der Waals surface area contributed by atoms with Gasteiger partial charge in [-0.05, 0) is 24.3 Å². The van der Waals surface area contributed by atoms with Gasteiger partial charge >= 0.3 is 0 Å². The van der Waals surface area contributed by atoms with E-state index in [2.05, 4.69) is 31.9 Å². The van der Waals surface area contributed by atoms with Crippen molar-refractivity contribution in [1.29, 1.82) is 0 Å². The zero-order valence-electron chi connectivity index (χ0n) is 11.9. The van der Waals surface area contributed by atoms with Crippen LogP contribution in [0.5, 0.6) is 0 Å². The van der Waals surface area contributed by atoms with Crippen LogP contribution < -0.4 is 16.0 Å². The minimum absolute atomic E-state index is 0.0622. The Hall–Kier alpha value is -1.44. The number of carbonyl (C=O) groups excluding carboxylic acids is 2. The quantitative estimate of drug-likeness (QED) is 0.579. The van der Waals surface area contributed by atoms with E-state index in [4.69, 9.17) is 4.74 Å². The maximum atomic E-state index is 11.7. The first-order valence-corrected chi connectivity index (χ1v) is 7.43. The van der Waals surface area contributed by atoms with Gasteiger partial charge in [-0.1, -0.05) is 15.9 Å². The van der Waals surface area contributed by atoms with E-state index in [1.54, 1.807) is 7.11 Å². The first-order chi connectivity index (χ1) is 10.1. The van der Waals surface area contributed by atoms with E-state index in [1.165, 1.54) is 0 Å². The van der Waals surface area contributed by atoms with Crippen molar-refractivity contribution in [3.63, 3.8) is 0 Å². The smallest absolute Gasteiger partial charge is 0.238 e. The van der Waals surface area contributed by atoms with E-state index in [1.807, 2.05) is 24.3 Å². The number of carbonyl (C=O) groups is 2. The van der Waals surface area contributed by atoms with Crippen molar-refractivity contribution in [2.45, 2.75) is 6.42 Å². The predicted octanol–water partition coefficient (Wildman–Crippen LogP) is 1.13. The summed E-state index contributed by atoms with van der Waals surface area (Å²) < 4.78 is 5.78. The van der Waals surface area contributed by atoms with E-state index in [0.717, 1.165) is 10.2 Å². The number of nitrogens with one attached hydrogen (secondary N) is 3. The minimum Gasteiger partial charge on any atom is -0.383 e. The second-order valence-corrected chi connectivity index (χ2v) is 5.24. The number of benzene rings is 1. The molecule has 0 atom stereocenters. The highest BCUT2D eigenvalue weighted by molar-refractivity contribution is 9.10. The zero-order valence-corrected chi connectivity index (χ0v) is 13.5. The molecule has 1 aromatic rings. The van der Waals surface area contributed by atoms with E-state index in [9.17, 15) is 9.59 Å². The molecule has 0 aliphatic rings. The van der Waals surface area contributed by atoms with Crippen molar-refractivity contribution in [1.82, 2.24) is 10.6 Å². The molecule has 21 heavy (non-hydrogen) atoms. The summed E-state index contributed by atoms with van der Waals surface area (Å²) >= 11 is 3.33. The van der Waals surface area contributed by atoms with E-state index in [-0.39, 0.29) is 18.4 Å². The van der Waals surface area contributed by atoms with Crippen LogP contribution in [0.1, 0.15) is 6.42 Å². The SMILES string of the molecule is COCCNC(=O)CCNCC(=O)Nc1ccc(Br)cc1. The van der Waals surface area contributed by atoms with Gasteiger partial charge in [-0.2, -0.15) is 0 Å². The molecule has 0 aliphatic carbocycles. The van der Waals surface area contributed by atoms with Crippen molar-refractivity contribution in [3.8, 4) is 0 Å². The Kier molecular flexibility index (Phi) is 8.65. The molecule has 0 aliphatic heterocycles. The molecule has 0 radical (unpaired) electrons. The lowest BCUT2D eigenvalue weighted by atomic mass is 10.3. The highest BCUT2D eigenvalue weighted by Gasteiger charge is 2.03. The Labute approximate surface area is 132 Å². The van der Waals surface area contributed by atoms with Gasteiger partial charge in [-0.3, -0.25) is 9.59 Å². The summed E-state index contributed by atoms with van der Waals surface area (Å²) in [4.78, 5) is 23.0. The standard InChI is InChI=1S/C14H20BrN3O3/c1-21-9-8-17-13(19)6-7-16-10-14(20)18-12-4-2-11(15)3-5-12/h2-5,16H,6-10H2,1H3,(H,17,19)(H,18,20). The highest BCUT2D eigenvalue weighted by Crippen LogP contribution is 2.13. The first kappa shape index (κ1) is 17.6. The second kappa shape index (κ2) is 10.3. The van der Waals surface area contributed by atoms with Crippen molar-refractivity contribution in [3.05, 3.63) is 28.7 Å². The van der Waals surface area contributed by atoms with Gasteiger partial charge in [0.1, 0.15) is 0 Å². The number of rotatable bonds is 9. The molecule has 0 unspecified atom stereocenters. The number of hydrogen-bond acceptors (Lipinski definition) is 4. The molecule has 0 saturated heterocycles. The monoisotopic (exact) mass is 357 g/mol. The van der Waals surface area contributed by atoms with Gasteiger partial charge < -0.3 is 20.7 Å². The molecule has 0 aromatic heterocycles. The molecule has 1 rings (SSSR count). The normalized spacial score (nSPS) is 10.2. The third kappa shape index (κ3) is 8.44. The number of ether oxygens (including phenoxy) is 1. The van der Waals surface area contributed by atoms with Gasteiger partial charge in [0, 0.05) is 36.8 Å². The number of halogens is 1. The topological polar surface area (TPSA) is 79.5 Å². The van der Waals surface area contributed by atoms with Crippen LogP contribution in [0.3, 0.4) is 0 Å². The van der Waals surface area contributed by atoms with Gasteiger partial charge in [0.2, 0.25) is 11.8 Å². The van der Waals surface area contributed by atoms with Gasteiger partial charge in [0.15, 0.2) is 0 Å². The first-order valence-electron chi connectivity index (χ1n) is 6.63. The zero-order chi connectivity index (χ0) is 15.5. The summed E-state index contributed by atoms with van der Waals surface area (Å²) in [7, 11) is 1.58. The molecule has 0 bridgehead atoms. The molecular formula is C14H20BrN3O3. The van der Waals surface area contributed by atoms with Crippen LogP contribution in [0, 0.1) is 0 Å². The summed E-state index contributed by atoms with van der Waals surface area (Å²) in [6.45, 7) is 1.61. The van der Waals surface area contributed by atoms with Crippen LogP contribution in [-0.2, 0) is 14.3 Å². The molecule has 0 spiro atoms. The fraction of sp³-hybridized carbons (Fsp3) is 0.429. The lowest BCUT2D eigenvalue weighted by molar-refractivity contribution is -0.121. The van der Waals surface area contributed by atoms with E-state index < -0.39 is 0 Å². The fourth-order valence-corrected chi connectivity index (χ4v) is 1.79. The van der Waals surface area contributed by atoms with E-state index in [0.29, 0.717) is 26.1 Å². The van der Waals surface area contributed by atoms with Gasteiger partial charge in [0.05, 0.1) is 13.2 Å². The van der Waals surface area contributed by atoms with Crippen LogP contribution >= 0.6 is 15.9 Å². The summed E-state index contributed by atoms with van der Waals surface area (Å²) in [6.07, 6.45) is 0.329. The Bertz CT molecular complexity index is 451. The molecule has 116 valence electrons. The second-order valence-electron chi connectivity index (χ2n) is 4.32. The van der Waals surface area contributed by atoms with Crippen molar-refractivity contribution in [2.75, 3.05) is 38.7 Å². The third-order valence-corrected chi connectivity index (χ3v) is 3.10. The van der Waals surface area contributed by atoms with Gasteiger partial charge in [-0.25, -0.2) is 0 Å². The van der Waals surface area contributed by atoms with Crippen LogP contribution in [0.4, 0.5) is 5.69 Å². The summed E-state index contributed by atoms with van der Waals surface area (Å²) in [5.74, 6) is -0.204. The molecule has 3 N–H and O–H groups in total. The minimum atomic E-state index is -0.142. The molecular weight excluding hydrogens is 338 g/mol.